The van der Waals surface area contributed by atoms with Crippen molar-refractivity contribution in [2.45, 2.75) is 39.3 Å². The quantitative estimate of drug-likeness (QED) is 0.733. The number of hydrogen-bond donors (Lipinski definition) is 2. The van der Waals surface area contributed by atoms with Gasteiger partial charge in [0.25, 0.3) is 0 Å². The molecule has 4 heteroatoms. The van der Waals surface area contributed by atoms with Gasteiger partial charge in [-0.1, -0.05) is 26.7 Å². The zero-order valence-electron chi connectivity index (χ0n) is 10.1. The molecule has 1 aromatic rings. The smallest absolute Gasteiger partial charge is 0.0724 e. The Hall–Kier alpha value is -1.00. The standard InChI is InChI=1S/C12H21N3O/c1-3-10(4-2)12(16)9-14-8-11-7-13-5-6-15-11/h5-7,10,12,14,16H,3-4,8-9H2,1-2H3. The maximum Gasteiger partial charge on any atom is 0.0724 e. The van der Waals surface area contributed by atoms with Gasteiger partial charge in [0.1, 0.15) is 0 Å². The first-order valence-electron chi connectivity index (χ1n) is 5.91. The highest BCUT2D eigenvalue weighted by Gasteiger charge is 2.14. The summed E-state index contributed by atoms with van der Waals surface area (Å²) in [6, 6.07) is 0. The van der Waals surface area contributed by atoms with Gasteiger partial charge in [0.15, 0.2) is 0 Å². The predicted octanol–water partition coefficient (Wildman–Crippen LogP) is 1.36. The number of nitrogens with zero attached hydrogens (tertiary/aromatic N) is 2. The lowest BCUT2D eigenvalue weighted by atomic mass is 9.96. The molecule has 1 unspecified atom stereocenters. The minimum Gasteiger partial charge on any atom is -0.392 e. The molecule has 0 saturated carbocycles. The van der Waals surface area contributed by atoms with Gasteiger partial charge in [-0.2, -0.15) is 0 Å². The van der Waals surface area contributed by atoms with Crippen LogP contribution in [0.2, 0.25) is 0 Å². The van der Waals surface area contributed by atoms with Crippen molar-refractivity contribution in [3.63, 3.8) is 0 Å². The molecule has 1 atom stereocenters. The van der Waals surface area contributed by atoms with E-state index in [2.05, 4.69) is 29.1 Å². The highest BCUT2D eigenvalue weighted by molar-refractivity contribution is 4.93. The lowest BCUT2D eigenvalue weighted by molar-refractivity contribution is 0.101. The summed E-state index contributed by atoms with van der Waals surface area (Å²) in [4.78, 5) is 8.14. The molecular weight excluding hydrogens is 202 g/mol. The van der Waals surface area contributed by atoms with Gasteiger partial charge in [0.05, 0.1) is 11.8 Å². The number of aromatic nitrogens is 2. The van der Waals surface area contributed by atoms with Crippen molar-refractivity contribution in [3.05, 3.63) is 24.3 Å². The molecule has 0 aliphatic carbocycles. The van der Waals surface area contributed by atoms with Crippen molar-refractivity contribution < 1.29 is 5.11 Å². The highest BCUT2D eigenvalue weighted by atomic mass is 16.3. The summed E-state index contributed by atoms with van der Waals surface area (Å²) in [7, 11) is 0. The fraction of sp³-hybridized carbons (Fsp3) is 0.667. The van der Waals surface area contributed by atoms with E-state index in [1.807, 2.05) is 0 Å². The lowest BCUT2D eigenvalue weighted by Gasteiger charge is -2.20. The maximum absolute atomic E-state index is 9.89. The van der Waals surface area contributed by atoms with Gasteiger partial charge < -0.3 is 10.4 Å². The Kier molecular flexibility index (Phi) is 5.96. The third-order valence-electron chi connectivity index (χ3n) is 2.87. The molecule has 0 aliphatic rings. The van der Waals surface area contributed by atoms with Crippen molar-refractivity contribution in [3.8, 4) is 0 Å². The molecule has 0 aromatic carbocycles. The molecule has 0 radical (unpaired) electrons. The molecule has 0 saturated heterocycles. The van der Waals surface area contributed by atoms with E-state index in [0.717, 1.165) is 18.5 Å². The van der Waals surface area contributed by atoms with Crippen LogP contribution in [0.4, 0.5) is 0 Å². The first-order chi connectivity index (χ1) is 7.77. The Labute approximate surface area is 97.1 Å². The van der Waals surface area contributed by atoms with Crippen LogP contribution >= 0.6 is 0 Å². The molecule has 0 bridgehead atoms. The summed E-state index contributed by atoms with van der Waals surface area (Å²) in [6.07, 6.45) is 6.83. The summed E-state index contributed by atoms with van der Waals surface area (Å²) in [6.45, 7) is 5.49. The van der Waals surface area contributed by atoms with Crippen LogP contribution in [0, 0.1) is 5.92 Å². The summed E-state index contributed by atoms with van der Waals surface area (Å²) in [5.41, 5.74) is 0.902. The molecule has 0 aliphatic heterocycles. The Morgan fingerprint density at radius 3 is 2.62 bits per heavy atom. The normalized spacial score (nSPS) is 13.0. The zero-order chi connectivity index (χ0) is 11.8. The number of rotatable bonds is 7. The third kappa shape index (κ3) is 4.24. The van der Waals surface area contributed by atoms with Gasteiger partial charge in [0, 0.05) is 31.7 Å². The largest absolute Gasteiger partial charge is 0.392 e. The van der Waals surface area contributed by atoms with E-state index in [0.29, 0.717) is 19.0 Å². The number of aliphatic hydroxyl groups is 1. The predicted molar refractivity (Wildman–Crippen MR) is 63.8 cm³/mol. The van der Waals surface area contributed by atoms with Gasteiger partial charge >= 0.3 is 0 Å². The van der Waals surface area contributed by atoms with Crippen LogP contribution < -0.4 is 5.32 Å². The average molecular weight is 223 g/mol. The summed E-state index contributed by atoms with van der Waals surface area (Å²) in [5, 5.41) is 13.1. The van der Waals surface area contributed by atoms with E-state index in [1.54, 1.807) is 18.6 Å². The van der Waals surface area contributed by atoms with E-state index in [4.69, 9.17) is 0 Å². The van der Waals surface area contributed by atoms with Crippen LogP contribution in [0.3, 0.4) is 0 Å². The first kappa shape index (κ1) is 13.1. The van der Waals surface area contributed by atoms with E-state index >= 15 is 0 Å². The Morgan fingerprint density at radius 1 is 1.31 bits per heavy atom. The van der Waals surface area contributed by atoms with Crippen LogP contribution in [-0.2, 0) is 6.54 Å². The average Bonchev–Trinajstić information content (AvgIpc) is 2.32. The van der Waals surface area contributed by atoms with Crippen molar-refractivity contribution in [1.29, 1.82) is 0 Å². The van der Waals surface area contributed by atoms with Gasteiger partial charge in [-0.25, -0.2) is 0 Å². The Bertz CT molecular complexity index is 275. The van der Waals surface area contributed by atoms with Crippen LogP contribution in [0.5, 0.6) is 0 Å². The van der Waals surface area contributed by atoms with Gasteiger partial charge in [-0.15, -0.1) is 0 Å². The van der Waals surface area contributed by atoms with Crippen molar-refractivity contribution in [2.24, 2.45) is 5.92 Å². The second-order valence-electron chi connectivity index (χ2n) is 3.97. The van der Waals surface area contributed by atoms with Crippen LogP contribution in [0.1, 0.15) is 32.4 Å². The topological polar surface area (TPSA) is 58.0 Å². The molecule has 0 amide bonds. The number of hydrogen-bond acceptors (Lipinski definition) is 4. The fourth-order valence-electron chi connectivity index (χ4n) is 1.77. The molecule has 4 nitrogen and oxygen atoms in total. The molecule has 1 heterocycles. The van der Waals surface area contributed by atoms with Crippen molar-refractivity contribution >= 4 is 0 Å². The van der Waals surface area contributed by atoms with Crippen LogP contribution in [0.15, 0.2) is 18.6 Å². The van der Waals surface area contributed by atoms with Gasteiger partial charge in [-0.3, -0.25) is 9.97 Å². The van der Waals surface area contributed by atoms with E-state index < -0.39 is 0 Å². The minimum atomic E-state index is -0.272. The Balaban J connectivity index is 2.25. The zero-order valence-corrected chi connectivity index (χ0v) is 10.1. The molecule has 1 aromatic heterocycles. The van der Waals surface area contributed by atoms with E-state index in [9.17, 15) is 5.11 Å². The monoisotopic (exact) mass is 223 g/mol. The van der Waals surface area contributed by atoms with Crippen molar-refractivity contribution in [1.82, 2.24) is 15.3 Å². The molecule has 1 rings (SSSR count). The summed E-state index contributed by atoms with van der Waals surface area (Å²) < 4.78 is 0. The molecule has 0 spiro atoms. The molecule has 0 fully saturated rings. The lowest BCUT2D eigenvalue weighted by Crippen LogP contribution is -2.32. The summed E-state index contributed by atoms with van der Waals surface area (Å²) in [5.74, 6) is 0.384. The van der Waals surface area contributed by atoms with E-state index in [-0.39, 0.29) is 6.10 Å². The van der Waals surface area contributed by atoms with Gasteiger partial charge in [0.2, 0.25) is 0 Å². The van der Waals surface area contributed by atoms with Crippen LogP contribution in [0.25, 0.3) is 0 Å². The minimum absolute atomic E-state index is 0.272. The van der Waals surface area contributed by atoms with Crippen molar-refractivity contribution in [2.75, 3.05) is 6.54 Å². The second kappa shape index (κ2) is 7.30. The second-order valence-corrected chi connectivity index (χ2v) is 3.97. The van der Waals surface area contributed by atoms with Gasteiger partial charge in [-0.05, 0) is 5.92 Å². The SMILES string of the molecule is CCC(CC)C(O)CNCc1cnccn1. The number of nitrogens with one attached hydrogen (secondary N) is 1. The molecule has 16 heavy (non-hydrogen) atoms. The molecule has 2 N–H and O–H groups in total. The number of aliphatic hydroxyl groups excluding tert-OH is 1. The Morgan fingerprint density at radius 2 is 2.06 bits per heavy atom. The van der Waals surface area contributed by atoms with Crippen LogP contribution in [-0.4, -0.2) is 27.7 Å². The first-order valence-corrected chi connectivity index (χ1v) is 5.91. The third-order valence-corrected chi connectivity index (χ3v) is 2.87. The highest BCUT2D eigenvalue weighted by Crippen LogP contribution is 2.12. The maximum atomic E-state index is 9.89. The molecule has 90 valence electrons. The summed E-state index contributed by atoms with van der Waals surface area (Å²) >= 11 is 0. The fourth-order valence-corrected chi connectivity index (χ4v) is 1.77. The van der Waals surface area contributed by atoms with E-state index in [1.165, 1.54) is 0 Å². The molecular formula is C12H21N3O.